The van der Waals surface area contributed by atoms with Gasteiger partial charge in [-0.05, 0) is 61.8 Å². The van der Waals surface area contributed by atoms with E-state index in [1.807, 2.05) is 24.3 Å². The molecule has 30 heavy (non-hydrogen) atoms. The van der Waals surface area contributed by atoms with Crippen molar-refractivity contribution in [3.63, 3.8) is 0 Å². The van der Waals surface area contributed by atoms with Gasteiger partial charge in [0.1, 0.15) is 5.75 Å². The maximum Gasteiger partial charge on any atom is 0.251 e. The number of nitrogens with one attached hydrogen (secondary N) is 2. The number of benzene rings is 2. The minimum atomic E-state index is -0.127. The van der Waals surface area contributed by atoms with Gasteiger partial charge in [-0.25, -0.2) is 0 Å². The third-order valence-electron chi connectivity index (χ3n) is 5.66. The van der Waals surface area contributed by atoms with Crippen LogP contribution in [0.1, 0.15) is 41.2 Å². The maximum atomic E-state index is 12.9. The highest BCUT2D eigenvalue weighted by molar-refractivity contribution is 8.00. The zero-order valence-corrected chi connectivity index (χ0v) is 18.0. The lowest BCUT2D eigenvalue weighted by molar-refractivity contribution is -0.113. The van der Waals surface area contributed by atoms with Gasteiger partial charge in [-0.3, -0.25) is 14.5 Å². The number of amides is 2. The molecule has 7 heteroatoms. The molecule has 2 N–H and O–H groups in total. The Morgan fingerprint density at radius 2 is 1.93 bits per heavy atom. The van der Waals surface area contributed by atoms with E-state index < -0.39 is 0 Å². The predicted octanol–water partition coefficient (Wildman–Crippen LogP) is 3.70. The molecule has 0 unspecified atom stereocenters. The van der Waals surface area contributed by atoms with E-state index in [0.29, 0.717) is 23.5 Å². The van der Waals surface area contributed by atoms with Crippen LogP contribution in [0.15, 0.2) is 47.4 Å². The fraction of sp³-hybridized carbons (Fsp3) is 0.391. The van der Waals surface area contributed by atoms with Crippen LogP contribution in [0.2, 0.25) is 0 Å². The third-order valence-corrected chi connectivity index (χ3v) is 6.74. The molecule has 2 aromatic rings. The van der Waals surface area contributed by atoms with Crippen molar-refractivity contribution >= 4 is 29.3 Å². The van der Waals surface area contributed by atoms with Crippen LogP contribution in [-0.4, -0.2) is 49.2 Å². The second-order valence-electron chi connectivity index (χ2n) is 7.64. The first-order chi connectivity index (χ1) is 14.6. The monoisotopic (exact) mass is 425 g/mol. The molecule has 1 saturated heterocycles. The molecular weight excluding hydrogens is 398 g/mol. The molecule has 0 aromatic heterocycles. The zero-order chi connectivity index (χ0) is 20.9. The van der Waals surface area contributed by atoms with Gasteiger partial charge in [0.05, 0.1) is 24.6 Å². The van der Waals surface area contributed by atoms with E-state index in [4.69, 9.17) is 4.74 Å². The third kappa shape index (κ3) is 4.79. The number of hydrogen-bond acceptors (Lipinski definition) is 5. The average molecular weight is 426 g/mol. The lowest BCUT2D eigenvalue weighted by atomic mass is 10.0. The van der Waals surface area contributed by atoms with Crippen LogP contribution in [0.3, 0.4) is 0 Å². The minimum absolute atomic E-state index is 0.0327. The number of thioether (sulfide) groups is 1. The van der Waals surface area contributed by atoms with Crippen LogP contribution >= 0.6 is 11.8 Å². The predicted molar refractivity (Wildman–Crippen MR) is 119 cm³/mol. The van der Waals surface area contributed by atoms with Gasteiger partial charge in [-0.2, -0.15) is 0 Å². The van der Waals surface area contributed by atoms with Gasteiger partial charge in [-0.1, -0.05) is 18.6 Å². The summed E-state index contributed by atoms with van der Waals surface area (Å²) in [4.78, 5) is 28.0. The van der Waals surface area contributed by atoms with Crippen LogP contribution in [0.4, 0.5) is 5.69 Å². The summed E-state index contributed by atoms with van der Waals surface area (Å²) < 4.78 is 5.29. The van der Waals surface area contributed by atoms with Gasteiger partial charge in [0, 0.05) is 17.0 Å². The number of likely N-dealkylation sites (tertiary alicyclic amines) is 1. The molecule has 0 aliphatic carbocycles. The largest absolute Gasteiger partial charge is 0.497 e. The molecule has 1 fully saturated rings. The summed E-state index contributed by atoms with van der Waals surface area (Å²) in [6, 6.07) is 13.7. The summed E-state index contributed by atoms with van der Waals surface area (Å²) in [6.45, 7) is 2.60. The Hall–Kier alpha value is -2.51. The highest BCUT2D eigenvalue weighted by Gasteiger charge is 2.24. The topological polar surface area (TPSA) is 70.7 Å². The van der Waals surface area contributed by atoms with Gasteiger partial charge >= 0.3 is 0 Å². The number of ether oxygens (including phenoxy) is 1. The Balaban J connectivity index is 1.48. The molecule has 2 heterocycles. The van der Waals surface area contributed by atoms with E-state index in [1.165, 1.54) is 36.6 Å². The van der Waals surface area contributed by atoms with Crippen molar-refractivity contribution in [2.45, 2.75) is 30.2 Å². The summed E-state index contributed by atoms with van der Waals surface area (Å²) in [5, 5.41) is 5.96. The van der Waals surface area contributed by atoms with Crippen molar-refractivity contribution in [2.24, 2.45) is 0 Å². The number of hydrogen-bond donors (Lipinski definition) is 2. The SMILES string of the molecule is COc1ccc([C@@H](CNC(=O)c2ccc3c(c2)NC(=O)CS3)N2CCCCC2)cc1. The molecule has 158 valence electrons. The second-order valence-corrected chi connectivity index (χ2v) is 8.66. The lowest BCUT2D eigenvalue weighted by Gasteiger charge is -2.35. The highest BCUT2D eigenvalue weighted by Crippen LogP contribution is 2.32. The Morgan fingerprint density at radius 3 is 2.67 bits per heavy atom. The first kappa shape index (κ1) is 20.8. The molecule has 0 radical (unpaired) electrons. The summed E-state index contributed by atoms with van der Waals surface area (Å²) in [6.07, 6.45) is 3.63. The van der Waals surface area contributed by atoms with Crippen LogP contribution in [0.25, 0.3) is 0 Å². The molecule has 0 bridgehead atoms. The van der Waals surface area contributed by atoms with Crippen molar-refractivity contribution in [3.05, 3.63) is 53.6 Å². The number of fused-ring (bicyclic) bond motifs is 1. The van der Waals surface area contributed by atoms with E-state index >= 15 is 0 Å². The quantitative estimate of drug-likeness (QED) is 0.739. The molecule has 2 aliphatic heterocycles. The van der Waals surface area contributed by atoms with Crippen molar-refractivity contribution in [1.29, 1.82) is 0 Å². The fourth-order valence-electron chi connectivity index (χ4n) is 4.03. The number of anilines is 1. The number of methoxy groups -OCH3 is 1. The van der Waals surface area contributed by atoms with Crippen molar-refractivity contribution < 1.29 is 14.3 Å². The Kier molecular flexibility index (Phi) is 6.59. The summed E-state index contributed by atoms with van der Waals surface area (Å²) in [7, 11) is 1.66. The van der Waals surface area contributed by atoms with Crippen LogP contribution in [0.5, 0.6) is 5.75 Å². The minimum Gasteiger partial charge on any atom is -0.497 e. The smallest absolute Gasteiger partial charge is 0.251 e. The van der Waals surface area contributed by atoms with E-state index in [2.05, 4.69) is 27.7 Å². The van der Waals surface area contributed by atoms with E-state index in [9.17, 15) is 9.59 Å². The molecule has 2 amide bonds. The molecular formula is C23H27N3O3S. The summed E-state index contributed by atoms with van der Waals surface area (Å²) in [5.41, 5.74) is 2.45. The molecule has 0 spiro atoms. The van der Waals surface area contributed by atoms with Crippen LogP contribution in [0, 0.1) is 0 Å². The Morgan fingerprint density at radius 1 is 1.17 bits per heavy atom. The van der Waals surface area contributed by atoms with E-state index in [-0.39, 0.29) is 17.9 Å². The van der Waals surface area contributed by atoms with Gasteiger partial charge in [0.15, 0.2) is 0 Å². The number of nitrogens with zero attached hydrogens (tertiary/aromatic N) is 1. The Labute approximate surface area is 181 Å². The Bertz CT molecular complexity index is 910. The first-order valence-corrected chi connectivity index (χ1v) is 11.4. The summed E-state index contributed by atoms with van der Waals surface area (Å²) >= 11 is 1.49. The number of carbonyl (C=O) groups excluding carboxylic acids is 2. The molecule has 1 atom stereocenters. The van der Waals surface area contributed by atoms with Crippen molar-refractivity contribution in [1.82, 2.24) is 10.2 Å². The molecule has 2 aromatic carbocycles. The normalized spacial score (nSPS) is 17.6. The molecule has 4 rings (SSSR count). The highest BCUT2D eigenvalue weighted by atomic mass is 32.2. The van der Waals surface area contributed by atoms with Gasteiger partial charge in [-0.15, -0.1) is 11.8 Å². The molecule has 0 saturated carbocycles. The van der Waals surface area contributed by atoms with Crippen molar-refractivity contribution in [2.75, 3.05) is 37.8 Å². The standard InChI is InChI=1S/C23H27N3O3S/c1-29-18-8-5-16(6-9-18)20(26-11-3-2-4-12-26)14-24-23(28)17-7-10-21-19(13-17)25-22(27)15-30-21/h5-10,13,20H,2-4,11-12,14-15H2,1H3,(H,24,28)(H,25,27)/t20-/m1/s1. The molecule has 6 nitrogen and oxygen atoms in total. The van der Waals surface area contributed by atoms with Crippen LogP contribution in [-0.2, 0) is 4.79 Å². The number of rotatable bonds is 6. The van der Waals surface area contributed by atoms with Gasteiger partial charge in [0.25, 0.3) is 5.91 Å². The fourth-order valence-corrected chi connectivity index (χ4v) is 4.82. The summed E-state index contributed by atoms with van der Waals surface area (Å²) in [5.74, 6) is 1.08. The van der Waals surface area contributed by atoms with Crippen molar-refractivity contribution in [3.8, 4) is 5.75 Å². The van der Waals surface area contributed by atoms with Gasteiger partial charge in [0.2, 0.25) is 5.91 Å². The van der Waals surface area contributed by atoms with E-state index in [0.717, 1.165) is 23.7 Å². The number of piperidine rings is 1. The average Bonchev–Trinajstić information content (AvgIpc) is 2.79. The van der Waals surface area contributed by atoms with E-state index in [1.54, 1.807) is 13.2 Å². The maximum absolute atomic E-state index is 12.9. The number of carbonyl (C=O) groups is 2. The van der Waals surface area contributed by atoms with Crippen LogP contribution < -0.4 is 15.4 Å². The first-order valence-electron chi connectivity index (χ1n) is 10.4. The lowest BCUT2D eigenvalue weighted by Crippen LogP contribution is -2.40. The zero-order valence-electron chi connectivity index (χ0n) is 17.1. The van der Waals surface area contributed by atoms with Gasteiger partial charge < -0.3 is 15.4 Å². The second kappa shape index (κ2) is 9.53. The molecule has 2 aliphatic rings.